The summed E-state index contributed by atoms with van der Waals surface area (Å²) >= 11 is 0. The molecule has 6 heteroatoms. The normalized spacial score (nSPS) is 12.0. The van der Waals surface area contributed by atoms with Gasteiger partial charge in [-0.2, -0.15) is 5.10 Å². The molecule has 0 aliphatic carbocycles. The molecule has 3 aromatic rings. The van der Waals surface area contributed by atoms with Gasteiger partial charge in [0, 0.05) is 42.8 Å². The highest BCUT2D eigenvalue weighted by atomic mass is 16.3. The number of rotatable bonds is 7. The lowest BCUT2D eigenvalue weighted by Crippen LogP contribution is -2.31. The summed E-state index contributed by atoms with van der Waals surface area (Å²) in [5.41, 5.74) is 2.42. The fourth-order valence-corrected chi connectivity index (χ4v) is 2.50. The fourth-order valence-electron chi connectivity index (χ4n) is 2.50. The summed E-state index contributed by atoms with van der Waals surface area (Å²) in [5, 5.41) is 19.0. The van der Waals surface area contributed by atoms with Crippen molar-refractivity contribution in [2.45, 2.75) is 6.42 Å². The Bertz CT molecular complexity index is 767. The molecule has 3 N–H and O–H groups in total. The lowest BCUT2D eigenvalue weighted by atomic mass is 10.0. The SMILES string of the molecule is O=C(NCC(CO)Cc1ccco1)c1cccc(-c2cn[nH]c2)c1. The number of amides is 1. The first-order valence-electron chi connectivity index (χ1n) is 7.77. The summed E-state index contributed by atoms with van der Waals surface area (Å²) in [6.07, 6.45) is 5.67. The van der Waals surface area contributed by atoms with Crippen molar-refractivity contribution in [2.75, 3.05) is 13.2 Å². The molecule has 1 amide bonds. The molecule has 0 fully saturated rings. The van der Waals surface area contributed by atoms with Gasteiger partial charge in [0.15, 0.2) is 0 Å². The Morgan fingerprint density at radius 1 is 1.29 bits per heavy atom. The van der Waals surface area contributed by atoms with Crippen LogP contribution in [-0.2, 0) is 6.42 Å². The number of aliphatic hydroxyl groups excluding tert-OH is 1. The Balaban J connectivity index is 1.61. The summed E-state index contributed by atoms with van der Waals surface area (Å²) in [6, 6.07) is 11.0. The van der Waals surface area contributed by atoms with E-state index in [1.54, 1.807) is 24.7 Å². The predicted octanol–water partition coefficient (Wildman–Crippen LogP) is 2.25. The second kappa shape index (κ2) is 7.61. The molecule has 0 saturated heterocycles. The third kappa shape index (κ3) is 3.91. The van der Waals surface area contributed by atoms with Crippen molar-refractivity contribution in [1.82, 2.24) is 15.5 Å². The lowest BCUT2D eigenvalue weighted by Gasteiger charge is -2.14. The Morgan fingerprint density at radius 2 is 2.21 bits per heavy atom. The van der Waals surface area contributed by atoms with Gasteiger partial charge in [-0.05, 0) is 29.8 Å². The number of nitrogens with zero attached hydrogens (tertiary/aromatic N) is 1. The molecule has 0 spiro atoms. The maximum absolute atomic E-state index is 12.3. The smallest absolute Gasteiger partial charge is 0.251 e. The van der Waals surface area contributed by atoms with Crippen molar-refractivity contribution in [3.05, 3.63) is 66.4 Å². The number of furan rings is 1. The lowest BCUT2D eigenvalue weighted by molar-refractivity contribution is 0.0939. The third-order valence-corrected chi connectivity index (χ3v) is 3.84. The minimum atomic E-state index is -0.168. The quantitative estimate of drug-likeness (QED) is 0.621. The van der Waals surface area contributed by atoms with E-state index in [0.29, 0.717) is 18.5 Å². The first-order chi connectivity index (χ1) is 11.8. The first-order valence-corrected chi connectivity index (χ1v) is 7.77. The predicted molar refractivity (Wildman–Crippen MR) is 89.3 cm³/mol. The molecule has 3 rings (SSSR count). The van der Waals surface area contributed by atoms with Crippen LogP contribution in [0.5, 0.6) is 0 Å². The topological polar surface area (TPSA) is 91.2 Å². The standard InChI is InChI=1S/C18H19N3O3/c22-12-13(7-17-5-2-6-24-17)9-19-18(23)15-4-1-3-14(8-15)16-10-20-21-11-16/h1-6,8,10-11,13,22H,7,9,12H2,(H,19,23)(H,20,21). The van der Waals surface area contributed by atoms with E-state index >= 15 is 0 Å². The molecule has 2 heterocycles. The number of aromatic amines is 1. The zero-order chi connectivity index (χ0) is 16.8. The molecule has 1 aromatic carbocycles. The van der Waals surface area contributed by atoms with Crippen LogP contribution in [0.1, 0.15) is 16.1 Å². The molecule has 0 saturated carbocycles. The number of hydrogen-bond donors (Lipinski definition) is 3. The van der Waals surface area contributed by atoms with Crippen molar-refractivity contribution < 1.29 is 14.3 Å². The Kier molecular flexibility index (Phi) is 5.08. The van der Waals surface area contributed by atoms with Crippen LogP contribution in [0.15, 0.2) is 59.5 Å². The molecule has 6 nitrogen and oxygen atoms in total. The van der Waals surface area contributed by atoms with E-state index in [9.17, 15) is 9.90 Å². The van der Waals surface area contributed by atoms with Crippen LogP contribution in [-0.4, -0.2) is 34.4 Å². The van der Waals surface area contributed by atoms with E-state index in [1.807, 2.05) is 30.3 Å². The monoisotopic (exact) mass is 325 g/mol. The second-order valence-corrected chi connectivity index (χ2v) is 5.61. The summed E-state index contributed by atoms with van der Waals surface area (Å²) in [4.78, 5) is 12.3. The minimum absolute atomic E-state index is 0.0178. The van der Waals surface area contributed by atoms with E-state index in [0.717, 1.165) is 16.9 Å². The van der Waals surface area contributed by atoms with Gasteiger partial charge < -0.3 is 14.8 Å². The number of aliphatic hydroxyl groups is 1. The molecule has 1 unspecified atom stereocenters. The van der Waals surface area contributed by atoms with Crippen molar-refractivity contribution in [2.24, 2.45) is 5.92 Å². The van der Waals surface area contributed by atoms with E-state index in [-0.39, 0.29) is 18.4 Å². The Morgan fingerprint density at radius 3 is 2.92 bits per heavy atom. The van der Waals surface area contributed by atoms with Crippen LogP contribution < -0.4 is 5.32 Å². The maximum Gasteiger partial charge on any atom is 0.251 e. The number of nitrogens with one attached hydrogen (secondary N) is 2. The molecule has 124 valence electrons. The zero-order valence-electron chi connectivity index (χ0n) is 13.1. The van der Waals surface area contributed by atoms with Crippen molar-refractivity contribution in [1.29, 1.82) is 0 Å². The molecule has 24 heavy (non-hydrogen) atoms. The number of benzene rings is 1. The Labute approximate surface area is 139 Å². The van der Waals surface area contributed by atoms with Gasteiger partial charge >= 0.3 is 0 Å². The van der Waals surface area contributed by atoms with Crippen LogP contribution >= 0.6 is 0 Å². The van der Waals surface area contributed by atoms with Gasteiger partial charge in [0.1, 0.15) is 5.76 Å². The number of carbonyl (C=O) groups excluding carboxylic acids is 1. The fraction of sp³-hybridized carbons (Fsp3) is 0.222. The molecule has 1 atom stereocenters. The average Bonchev–Trinajstić information content (AvgIpc) is 3.32. The minimum Gasteiger partial charge on any atom is -0.469 e. The first kappa shape index (κ1) is 16.0. The molecule has 0 bridgehead atoms. The third-order valence-electron chi connectivity index (χ3n) is 3.84. The molecule has 0 radical (unpaired) electrons. The van der Waals surface area contributed by atoms with Crippen molar-refractivity contribution >= 4 is 5.91 Å². The molecular formula is C18H19N3O3. The van der Waals surface area contributed by atoms with Crippen LogP contribution in [0, 0.1) is 5.92 Å². The summed E-state index contributed by atoms with van der Waals surface area (Å²) in [7, 11) is 0. The Hall–Kier alpha value is -2.86. The highest BCUT2D eigenvalue weighted by Crippen LogP contribution is 2.18. The van der Waals surface area contributed by atoms with Gasteiger partial charge in [-0.1, -0.05) is 12.1 Å². The van der Waals surface area contributed by atoms with E-state index in [2.05, 4.69) is 15.5 Å². The van der Waals surface area contributed by atoms with Crippen LogP contribution in [0.2, 0.25) is 0 Å². The largest absolute Gasteiger partial charge is 0.469 e. The van der Waals surface area contributed by atoms with Crippen LogP contribution in [0.4, 0.5) is 0 Å². The van der Waals surface area contributed by atoms with Gasteiger partial charge in [0.25, 0.3) is 5.91 Å². The second-order valence-electron chi connectivity index (χ2n) is 5.61. The van der Waals surface area contributed by atoms with Crippen LogP contribution in [0.3, 0.4) is 0 Å². The number of hydrogen-bond acceptors (Lipinski definition) is 4. The van der Waals surface area contributed by atoms with E-state index < -0.39 is 0 Å². The van der Waals surface area contributed by atoms with E-state index in [1.165, 1.54) is 0 Å². The zero-order valence-corrected chi connectivity index (χ0v) is 13.1. The highest BCUT2D eigenvalue weighted by molar-refractivity contribution is 5.95. The molecule has 0 aliphatic rings. The number of carbonyl (C=O) groups is 1. The molecule has 0 aliphatic heterocycles. The van der Waals surface area contributed by atoms with Crippen LogP contribution in [0.25, 0.3) is 11.1 Å². The molecule has 2 aromatic heterocycles. The summed E-state index contributed by atoms with van der Waals surface area (Å²) in [6.45, 7) is 0.363. The summed E-state index contributed by atoms with van der Waals surface area (Å²) < 4.78 is 5.28. The van der Waals surface area contributed by atoms with Gasteiger partial charge in [0.2, 0.25) is 0 Å². The van der Waals surface area contributed by atoms with Gasteiger partial charge in [0.05, 0.1) is 12.5 Å². The maximum atomic E-state index is 12.3. The van der Waals surface area contributed by atoms with Crippen molar-refractivity contribution in [3.8, 4) is 11.1 Å². The summed E-state index contributed by atoms with van der Waals surface area (Å²) in [5.74, 6) is 0.542. The van der Waals surface area contributed by atoms with E-state index in [4.69, 9.17) is 4.42 Å². The molecular weight excluding hydrogens is 306 g/mol. The van der Waals surface area contributed by atoms with Crippen molar-refractivity contribution in [3.63, 3.8) is 0 Å². The van der Waals surface area contributed by atoms with Gasteiger partial charge in [-0.15, -0.1) is 0 Å². The highest BCUT2D eigenvalue weighted by Gasteiger charge is 2.13. The average molecular weight is 325 g/mol. The van der Waals surface area contributed by atoms with Gasteiger partial charge in [-0.3, -0.25) is 9.89 Å². The van der Waals surface area contributed by atoms with Gasteiger partial charge in [-0.25, -0.2) is 0 Å². The number of H-pyrrole nitrogens is 1. The number of aromatic nitrogens is 2.